The van der Waals surface area contributed by atoms with E-state index in [1.54, 1.807) is 0 Å². The lowest BCUT2D eigenvalue weighted by Gasteiger charge is -2.01. The molecule has 0 fully saturated rings. The molecule has 1 rings (SSSR count). The summed E-state index contributed by atoms with van der Waals surface area (Å²) >= 11 is 0. The molecule has 1 aromatic rings. The van der Waals surface area contributed by atoms with Gasteiger partial charge in [0.15, 0.2) is 5.49 Å². The summed E-state index contributed by atoms with van der Waals surface area (Å²) in [5, 5.41) is 2.73. The van der Waals surface area contributed by atoms with Crippen molar-refractivity contribution in [2.45, 2.75) is 20.3 Å². The van der Waals surface area contributed by atoms with Crippen LogP contribution in [0.25, 0.3) is 0 Å². The minimum Gasteiger partial charge on any atom is -0.356 e. The topological polar surface area (TPSA) is 59.3 Å². The van der Waals surface area contributed by atoms with Gasteiger partial charge in [0.25, 0.3) is 0 Å². The highest BCUT2D eigenvalue weighted by atomic mass is 16.1. The summed E-state index contributed by atoms with van der Waals surface area (Å²) < 4.78 is 1.94. The van der Waals surface area contributed by atoms with Gasteiger partial charge in [0.1, 0.15) is 5.82 Å². The smallest absolute Gasteiger partial charge is 0.216 e. The lowest BCUT2D eigenvalue weighted by Crippen LogP contribution is -2.22. The number of hydrogen-bond donors (Lipinski definition) is 1. The Morgan fingerprint density at radius 3 is 3.00 bits per heavy atom. The van der Waals surface area contributed by atoms with Crippen LogP contribution in [0.1, 0.15) is 19.2 Å². The number of rotatable bonds is 4. The molecule has 0 aliphatic carbocycles. The van der Waals surface area contributed by atoms with E-state index in [-0.39, 0.29) is 5.91 Å². The first kappa shape index (κ1) is 12.4. The van der Waals surface area contributed by atoms with Crippen LogP contribution in [0.5, 0.6) is 0 Å². The highest BCUT2D eigenvalue weighted by Crippen LogP contribution is 1.84. The number of hydrogen-bond acceptors (Lipinski definition) is 3. The molecule has 0 atom stereocenters. The molecule has 0 aliphatic rings. The molecule has 1 aromatic heterocycles. The molecule has 1 N–H and O–H groups in total. The van der Waals surface area contributed by atoms with Gasteiger partial charge in [0, 0.05) is 33.3 Å². The van der Waals surface area contributed by atoms with Crippen LogP contribution in [-0.2, 0) is 11.8 Å². The molecule has 16 heavy (non-hydrogen) atoms. The van der Waals surface area contributed by atoms with E-state index >= 15 is 0 Å². The molecule has 0 saturated heterocycles. The molecular weight excluding hydrogens is 204 g/mol. The van der Waals surface area contributed by atoms with Crippen LogP contribution < -0.4 is 10.8 Å². The van der Waals surface area contributed by atoms with Gasteiger partial charge < -0.3 is 9.88 Å². The van der Waals surface area contributed by atoms with E-state index in [4.69, 9.17) is 0 Å². The molecule has 0 radical (unpaired) electrons. The second kappa shape index (κ2) is 6.05. The number of aryl methyl sites for hydroxylation is 2. The Balaban J connectivity index is 2.44. The molecule has 1 amide bonds. The maximum absolute atomic E-state index is 10.6. The zero-order valence-electron chi connectivity index (χ0n) is 10.0. The standard InChI is InChI=1S/C11H18N4O/c1-9-14-11(5-8-15(9)3)13-7-4-6-12-10(2)16/h5,8H,4,6-7H2,1-3H3,(H,12,16). The van der Waals surface area contributed by atoms with Crippen LogP contribution in [0, 0.1) is 6.92 Å². The van der Waals surface area contributed by atoms with Crippen molar-refractivity contribution in [3.8, 4) is 0 Å². The lowest BCUT2D eigenvalue weighted by atomic mass is 10.4. The van der Waals surface area contributed by atoms with Crippen molar-refractivity contribution in [1.29, 1.82) is 0 Å². The molecule has 1 heterocycles. The highest BCUT2D eigenvalue weighted by Gasteiger charge is 1.91. The van der Waals surface area contributed by atoms with Crippen molar-refractivity contribution in [3.05, 3.63) is 23.6 Å². The molecule has 0 aliphatic heterocycles. The number of aromatic nitrogens is 2. The molecule has 88 valence electrons. The van der Waals surface area contributed by atoms with Crippen molar-refractivity contribution in [2.24, 2.45) is 12.0 Å². The molecule has 5 nitrogen and oxygen atoms in total. The lowest BCUT2D eigenvalue weighted by molar-refractivity contribution is -0.118. The molecule has 5 heteroatoms. The Morgan fingerprint density at radius 2 is 2.38 bits per heavy atom. The molecule has 0 bridgehead atoms. The van der Waals surface area contributed by atoms with E-state index in [1.807, 2.05) is 30.8 Å². The van der Waals surface area contributed by atoms with Crippen LogP contribution in [0.15, 0.2) is 17.3 Å². The first-order valence-corrected chi connectivity index (χ1v) is 5.35. The molecular formula is C11H18N4O. The van der Waals surface area contributed by atoms with E-state index in [0.29, 0.717) is 13.1 Å². The second-order valence-electron chi connectivity index (χ2n) is 3.66. The van der Waals surface area contributed by atoms with Gasteiger partial charge in [-0.15, -0.1) is 0 Å². The van der Waals surface area contributed by atoms with Crippen molar-refractivity contribution in [3.63, 3.8) is 0 Å². The van der Waals surface area contributed by atoms with E-state index in [9.17, 15) is 4.79 Å². The highest BCUT2D eigenvalue weighted by molar-refractivity contribution is 5.72. The van der Waals surface area contributed by atoms with Crippen molar-refractivity contribution in [1.82, 2.24) is 14.9 Å². The van der Waals surface area contributed by atoms with E-state index in [0.717, 1.165) is 17.7 Å². The maximum Gasteiger partial charge on any atom is 0.216 e. The minimum atomic E-state index is 0.000653. The van der Waals surface area contributed by atoms with Gasteiger partial charge in [-0.1, -0.05) is 0 Å². The van der Waals surface area contributed by atoms with Gasteiger partial charge in [-0.05, 0) is 19.4 Å². The first-order chi connectivity index (χ1) is 7.59. The molecule has 0 aromatic carbocycles. The molecule has 0 unspecified atom stereocenters. The van der Waals surface area contributed by atoms with Gasteiger partial charge in [0.2, 0.25) is 5.91 Å². The largest absolute Gasteiger partial charge is 0.356 e. The number of carbonyl (C=O) groups is 1. The number of nitrogens with zero attached hydrogens (tertiary/aromatic N) is 3. The van der Waals surface area contributed by atoms with Crippen LogP contribution in [0.3, 0.4) is 0 Å². The third kappa shape index (κ3) is 4.25. The molecule has 0 spiro atoms. The summed E-state index contributed by atoms with van der Waals surface area (Å²) in [5.74, 6) is 0.934. The average Bonchev–Trinajstić information content (AvgIpc) is 2.22. The first-order valence-electron chi connectivity index (χ1n) is 5.35. The summed E-state index contributed by atoms with van der Waals surface area (Å²) in [6, 6.07) is 1.88. The fourth-order valence-corrected chi connectivity index (χ4v) is 1.19. The Bertz CT molecular complexity index is 422. The molecule has 0 saturated carbocycles. The van der Waals surface area contributed by atoms with Gasteiger partial charge in [0.05, 0.1) is 0 Å². The Hall–Kier alpha value is -1.65. The summed E-state index contributed by atoms with van der Waals surface area (Å²) in [4.78, 5) is 19.2. The SMILES string of the molecule is CC(=O)NCCCN=c1ccn(C)c(C)n1. The zero-order chi connectivity index (χ0) is 12.0. The normalized spacial score (nSPS) is 11.6. The van der Waals surface area contributed by atoms with Gasteiger partial charge in [-0.2, -0.15) is 0 Å². The summed E-state index contributed by atoms with van der Waals surface area (Å²) in [5.41, 5.74) is 0.749. The van der Waals surface area contributed by atoms with Gasteiger partial charge >= 0.3 is 0 Å². The van der Waals surface area contributed by atoms with Crippen molar-refractivity contribution < 1.29 is 4.79 Å². The Morgan fingerprint density at radius 1 is 1.62 bits per heavy atom. The Kier molecular flexibility index (Phi) is 4.69. The fraction of sp³-hybridized carbons (Fsp3) is 0.545. The monoisotopic (exact) mass is 222 g/mol. The number of nitrogens with one attached hydrogen (secondary N) is 1. The van der Waals surface area contributed by atoms with Crippen molar-refractivity contribution in [2.75, 3.05) is 13.1 Å². The van der Waals surface area contributed by atoms with Crippen LogP contribution >= 0.6 is 0 Å². The van der Waals surface area contributed by atoms with Crippen LogP contribution in [0.4, 0.5) is 0 Å². The van der Waals surface area contributed by atoms with E-state index < -0.39 is 0 Å². The summed E-state index contributed by atoms with van der Waals surface area (Å²) in [6.07, 6.45) is 2.77. The number of amides is 1. The van der Waals surface area contributed by atoms with E-state index in [2.05, 4.69) is 15.3 Å². The number of carbonyl (C=O) groups excluding carboxylic acids is 1. The van der Waals surface area contributed by atoms with Crippen LogP contribution in [-0.4, -0.2) is 28.5 Å². The maximum atomic E-state index is 10.6. The Labute approximate surface area is 95.2 Å². The fourth-order valence-electron chi connectivity index (χ4n) is 1.19. The van der Waals surface area contributed by atoms with Gasteiger partial charge in [-0.3, -0.25) is 9.79 Å². The third-order valence-electron chi connectivity index (χ3n) is 2.22. The average molecular weight is 222 g/mol. The minimum absolute atomic E-state index is 0.000653. The van der Waals surface area contributed by atoms with Gasteiger partial charge in [-0.25, -0.2) is 4.98 Å². The third-order valence-corrected chi connectivity index (χ3v) is 2.22. The predicted octanol–water partition coefficient (Wildman–Crippen LogP) is 0.155. The summed E-state index contributed by atoms with van der Waals surface area (Å²) in [7, 11) is 1.95. The van der Waals surface area contributed by atoms with Crippen molar-refractivity contribution >= 4 is 5.91 Å². The zero-order valence-corrected chi connectivity index (χ0v) is 10.0. The second-order valence-corrected chi connectivity index (χ2v) is 3.66. The predicted molar refractivity (Wildman–Crippen MR) is 61.7 cm³/mol. The van der Waals surface area contributed by atoms with E-state index in [1.165, 1.54) is 6.92 Å². The quantitative estimate of drug-likeness (QED) is 0.737. The summed E-state index contributed by atoms with van der Waals surface area (Å²) in [6.45, 7) is 4.80. The van der Waals surface area contributed by atoms with Crippen LogP contribution in [0.2, 0.25) is 0 Å².